The Bertz CT molecular complexity index is 294. The molecular formula is C9H13ClN2O. The minimum absolute atomic E-state index is 0.210. The molecule has 1 fully saturated rings. The highest BCUT2D eigenvalue weighted by atomic mass is 35.5. The molecule has 0 aromatic carbocycles. The number of hydrogen-bond acceptors (Lipinski definition) is 2. The van der Waals surface area contributed by atoms with Gasteiger partial charge in [0.15, 0.2) is 0 Å². The summed E-state index contributed by atoms with van der Waals surface area (Å²) in [4.78, 5) is 0. The quantitative estimate of drug-likeness (QED) is 0.805. The summed E-state index contributed by atoms with van der Waals surface area (Å²) in [7, 11) is 0. The first-order valence-corrected chi connectivity index (χ1v) is 5.03. The Hall–Kier alpha value is -0.540. The van der Waals surface area contributed by atoms with Crippen molar-refractivity contribution in [1.82, 2.24) is 9.78 Å². The lowest BCUT2D eigenvalue weighted by atomic mass is 10.3. The van der Waals surface area contributed by atoms with E-state index >= 15 is 0 Å². The van der Waals surface area contributed by atoms with E-state index in [2.05, 4.69) is 5.10 Å². The molecule has 3 nitrogen and oxygen atoms in total. The summed E-state index contributed by atoms with van der Waals surface area (Å²) in [6.45, 7) is 0.983. The number of aromatic nitrogens is 2. The van der Waals surface area contributed by atoms with Crippen LogP contribution >= 0.6 is 11.6 Å². The molecule has 1 aliphatic carbocycles. The fourth-order valence-corrected chi connectivity index (χ4v) is 1.83. The van der Waals surface area contributed by atoms with Crippen LogP contribution in [0.25, 0.3) is 0 Å². The van der Waals surface area contributed by atoms with E-state index in [9.17, 15) is 0 Å². The molecule has 0 atom stereocenters. The van der Waals surface area contributed by atoms with Crippen molar-refractivity contribution < 1.29 is 5.11 Å². The fourth-order valence-electron chi connectivity index (χ4n) is 1.53. The van der Waals surface area contributed by atoms with E-state index in [4.69, 9.17) is 16.7 Å². The summed E-state index contributed by atoms with van der Waals surface area (Å²) in [5.74, 6) is 0.619. The maximum absolute atomic E-state index is 8.71. The molecule has 0 bridgehead atoms. The van der Waals surface area contributed by atoms with Crippen LogP contribution in [0.4, 0.5) is 0 Å². The SMILES string of the molecule is OCCCn1ncc(Cl)c1C1CC1. The average molecular weight is 201 g/mol. The van der Waals surface area contributed by atoms with E-state index in [1.54, 1.807) is 6.20 Å². The molecular weight excluding hydrogens is 188 g/mol. The Morgan fingerprint density at radius 1 is 1.62 bits per heavy atom. The van der Waals surface area contributed by atoms with Crippen LogP contribution < -0.4 is 0 Å². The molecule has 13 heavy (non-hydrogen) atoms. The second-order valence-electron chi connectivity index (χ2n) is 3.45. The van der Waals surface area contributed by atoms with E-state index in [-0.39, 0.29) is 6.61 Å². The molecule has 0 amide bonds. The van der Waals surface area contributed by atoms with Crippen molar-refractivity contribution in [3.05, 3.63) is 16.9 Å². The maximum atomic E-state index is 8.71. The highest BCUT2D eigenvalue weighted by molar-refractivity contribution is 6.31. The van der Waals surface area contributed by atoms with Crippen molar-refractivity contribution in [2.45, 2.75) is 31.7 Å². The van der Waals surface area contributed by atoms with Gasteiger partial charge in [0, 0.05) is 19.1 Å². The zero-order valence-corrected chi connectivity index (χ0v) is 8.17. The lowest BCUT2D eigenvalue weighted by molar-refractivity contribution is 0.276. The summed E-state index contributed by atoms with van der Waals surface area (Å²) >= 11 is 6.01. The highest BCUT2D eigenvalue weighted by Crippen LogP contribution is 2.43. The van der Waals surface area contributed by atoms with Crippen LogP contribution in [-0.2, 0) is 6.54 Å². The summed E-state index contributed by atoms with van der Waals surface area (Å²) < 4.78 is 1.93. The second-order valence-corrected chi connectivity index (χ2v) is 3.86. The van der Waals surface area contributed by atoms with Gasteiger partial charge in [0.25, 0.3) is 0 Å². The first kappa shape index (κ1) is 9.03. The normalized spacial score (nSPS) is 16.5. The standard InChI is InChI=1S/C9H13ClN2O/c10-8-6-11-12(4-1-5-13)9(8)7-2-3-7/h6-7,13H,1-5H2. The Kier molecular flexibility index (Phi) is 2.56. The molecule has 1 saturated carbocycles. The van der Waals surface area contributed by atoms with Crippen LogP contribution in [0.3, 0.4) is 0 Å². The predicted octanol–water partition coefficient (Wildman–Crippen LogP) is 1.80. The molecule has 4 heteroatoms. The van der Waals surface area contributed by atoms with Crippen LogP contribution in [-0.4, -0.2) is 21.5 Å². The second kappa shape index (κ2) is 3.68. The van der Waals surface area contributed by atoms with Gasteiger partial charge < -0.3 is 5.11 Å². The first-order valence-electron chi connectivity index (χ1n) is 4.65. The van der Waals surface area contributed by atoms with Gasteiger partial charge in [-0.2, -0.15) is 5.10 Å². The molecule has 0 aliphatic heterocycles. The smallest absolute Gasteiger partial charge is 0.0820 e. The molecule has 2 rings (SSSR count). The van der Waals surface area contributed by atoms with Gasteiger partial charge in [0.05, 0.1) is 16.9 Å². The number of rotatable bonds is 4. The van der Waals surface area contributed by atoms with Crippen molar-refractivity contribution in [3.63, 3.8) is 0 Å². The van der Waals surface area contributed by atoms with E-state index in [0.717, 1.165) is 23.7 Å². The predicted molar refractivity (Wildman–Crippen MR) is 50.9 cm³/mol. The van der Waals surface area contributed by atoms with Gasteiger partial charge in [0.1, 0.15) is 0 Å². The van der Waals surface area contributed by atoms with Crippen molar-refractivity contribution in [2.75, 3.05) is 6.61 Å². The zero-order valence-electron chi connectivity index (χ0n) is 7.41. The van der Waals surface area contributed by atoms with Crippen molar-refractivity contribution >= 4 is 11.6 Å². The van der Waals surface area contributed by atoms with Gasteiger partial charge in [-0.25, -0.2) is 0 Å². The van der Waals surface area contributed by atoms with Crippen molar-refractivity contribution in [3.8, 4) is 0 Å². The number of nitrogens with zero attached hydrogens (tertiary/aromatic N) is 2. The summed E-state index contributed by atoms with van der Waals surface area (Å²) in [5, 5.41) is 13.7. The van der Waals surface area contributed by atoms with Crippen LogP contribution in [0.5, 0.6) is 0 Å². The van der Waals surface area contributed by atoms with Crippen molar-refractivity contribution in [2.24, 2.45) is 0 Å². The zero-order chi connectivity index (χ0) is 9.26. The van der Waals surface area contributed by atoms with Gasteiger partial charge in [-0.15, -0.1) is 0 Å². The molecule has 0 radical (unpaired) electrons. The van der Waals surface area contributed by atoms with Gasteiger partial charge in [-0.05, 0) is 19.3 Å². The third-order valence-corrected chi connectivity index (χ3v) is 2.62. The van der Waals surface area contributed by atoms with Gasteiger partial charge in [-0.3, -0.25) is 4.68 Å². The Labute approximate surface area is 82.3 Å². The molecule has 1 N–H and O–H groups in total. The maximum Gasteiger partial charge on any atom is 0.0820 e. The van der Waals surface area contributed by atoms with Gasteiger partial charge >= 0.3 is 0 Å². The Morgan fingerprint density at radius 3 is 3.00 bits per heavy atom. The summed E-state index contributed by atoms with van der Waals surface area (Å²) in [5.41, 5.74) is 1.16. The fraction of sp³-hybridized carbons (Fsp3) is 0.667. The monoisotopic (exact) mass is 200 g/mol. The van der Waals surface area contributed by atoms with E-state index in [1.807, 2.05) is 4.68 Å². The lowest BCUT2D eigenvalue weighted by Crippen LogP contribution is -2.05. The number of aliphatic hydroxyl groups is 1. The molecule has 0 spiro atoms. The Balaban J connectivity index is 2.13. The third kappa shape index (κ3) is 1.86. The van der Waals surface area contributed by atoms with Crippen molar-refractivity contribution in [1.29, 1.82) is 0 Å². The first-order chi connectivity index (χ1) is 6.33. The topological polar surface area (TPSA) is 38.0 Å². The molecule has 1 aliphatic rings. The number of aliphatic hydroxyl groups excluding tert-OH is 1. The number of aryl methyl sites for hydroxylation is 1. The molecule has 72 valence electrons. The summed E-state index contributed by atoms with van der Waals surface area (Å²) in [6.07, 6.45) is 4.90. The van der Waals surface area contributed by atoms with E-state index in [0.29, 0.717) is 5.92 Å². The van der Waals surface area contributed by atoms with Gasteiger partial charge in [0.2, 0.25) is 0 Å². The third-order valence-electron chi connectivity index (χ3n) is 2.33. The average Bonchev–Trinajstić information content (AvgIpc) is 2.88. The minimum Gasteiger partial charge on any atom is -0.396 e. The van der Waals surface area contributed by atoms with E-state index in [1.165, 1.54) is 12.8 Å². The van der Waals surface area contributed by atoms with E-state index < -0.39 is 0 Å². The van der Waals surface area contributed by atoms with Crippen LogP contribution in [0.15, 0.2) is 6.20 Å². The van der Waals surface area contributed by atoms with Crippen LogP contribution in [0.2, 0.25) is 5.02 Å². The molecule has 0 unspecified atom stereocenters. The molecule has 1 heterocycles. The molecule has 1 aromatic rings. The largest absolute Gasteiger partial charge is 0.396 e. The Morgan fingerprint density at radius 2 is 2.38 bits per heavy atom. The lowest BCUT2D eigenvalue weighted by Gasteiger charge is -2.05. The van der Waals surface area contributed by atoms with Crippen LogP contribution in [0, 0.1) is 0 Å². The highest BCUT2D eigenvalue weighted by Gasteiger charge is 2.29. The number of halogens is 1. The molecule has 1 aromatic heterocycles. The van der Waals surface area contributed by atoms with Gasteiger partial charge in [-0.1, -0.05) is 11.6 Å². The van der Waals surface area contributed by atoms with Crippen LogP contribution in [0.1, 0.15) is 30.9 Å². The minimum atomic E-state index is 0.210. The molecule has 0 saturated heterocycles. The number of hydrogen-bond donors (Lipinski definition) is 1. The summed E-state index contributed by atoms with van der Waals surface area (Å²) in [6, 6.07) is 0.